The molecule has 9 heteroatoms. The van der Waals surface area contributed by atoms with Crippen LogP contribution in [-0.2, 0) is 24.9 Å². The van der Waals surface area contributed by atoms with Crippen molar-refractivity contribution in [1.29, 1.82) is 0 Å². The summed E-state index contributed by atoms with van der Waals surface area (Å²) in [5, 5.41) is 17.1. The number of hydrogen-bond acceptors (Lipinski definition) is 5. The molecule has 0 bridgehead atoms. The molecule has 1 fully saturated rings. The SMILES string of the molecule is Cc1c(CN2CCN(C(=O)c3cnn(CCC(=O)O)c3)CC2)cnn1C. The lowest BCUT2D eigenvalue weighted by Crippen LogP contribution is -2.48. The molecule has 2 aromatic rings. The average Bonchev–Trinajstić information content (AvgIpc) is 3.22. The van der Waals surface area contributed by atoms with Gasteiger partial charge in [-0.15, -0.1) is 0 Å². The smallest absolute Gasteiger partial charge is 0.305 e. The number of aryl methyl sites for hydroxylation is 2. The van der Waals surface area contributed by atoms with Crippen LogP contribution < -0.4 is 0 Å². The Hall–Kier alpha value is -2.68. The first-order valence-corrected chi connectivity index (χ1v) is 8.67. The van der Waals surface area contributed by atoms with Crippen molar-refractivity contribution in [2.45, 2.75) is 26.4 Å². The molecule has 0 saturated carbocycles. The van der Waals surface area contributed by atoms with E-state index in [0.29, 0.717) is 18.7 Å². The standard InChI is InChI=1S/C17H24N6O3/c1-13-14(9-18-20(13)2)11-21-5-7-22(8-6-21)17(26)15-10-19-23(12-15)4-3-16(24)25/h9-10,12H,3-8,11H2,1-2H3,(H,24,25). The minimum atomic E-state index is -0.881. The van der Waals surface area contributed by atoms with Crippen LogP contribution in [0.15, 0.2) is 18.6 Å². The molecule has 1 aliphatic heterocycles. The minimum Gasteiger partial charge on any atom is -0.481 e. The van der Waals surface area contributed by atoms with Crippen molar-refractivity contribution < 1.29 is 14.7 Å². The van der Waals surface area contributed by atoms with Gasteiger partial charge in [-0.2, -0.15) is 10.2 Å². The van der Waals surface area contributed by atoms with Gasteiger partial charge in [-0.3, -0.25) is 23.9 Å². The molecule has 1 saturated heterocycles. The highest BCUT2D eigenvalue weighted by molar-refractivity contribution is 5.93. The van der Waals surface area contributed by atoms with Gasteiger partial charge < -0.3 is 10.0 Å². The van der Waals surface area contributed by atoms with Crippen LogP contribution in [0, 0.1) is 6.92 Å². The summed E-state index contributed by atoms with van der Waals surface area (Å²) < 4.78 is 3.37. The fourth-order valence-electron chi connectivity index (χ4n) is 3.04. The topological polar surface area (TPSA) is 96.5 Å². The molecular formula is C17H24N6O3. The molecule has 0 aromatic carbocycles. The molecule has 140 valence electrons. The second-order valence-corrected chi connectivity index (χ2v) is 6.58. The number of aliphatic carboxylic acids is 1. The van der Waals surface area contributed by atoms with Crippen LogP contribution in [0.5, 0.6) is 0 Å². The van der Waals surface area contributed by atoms with Crippen LogP contribution in [0.2, 0.25) is 0 Å². The summed E-state index contributed by atoms with van der Waals surface area (Å²) in [5.41, 5.74) is 2.89. The molecule has 0 radical (unpaired) electrons. The molecule has 0 atom stereocenters. The van der Waals surface area contributed by atoms with Gasteiger partial charge in [-0.05, 0) is 6.92 Å². The Morgan fingerprint density at radius 2 is 1.88 bits per heavy atom. The Labute approximate surface area is 151 Å². The first-order valence-electron chi connectivity index (χ1n) is 8.67. The number of nitrogens with zero attached hydrogens (tertiary/aromatic N) is 6. The summed E-state index contributed by atoms with van der Waals surface area (Å²) in [5.74, 6) is -0.933. The molecule has 3 rings (SSSR count). The Kier molecular flexibility index (Phi) is 5.36. The van der Waals surface area contributed by atoms with E-state index in [1.807, 2.05) is 22.8 Å². The maximum Gasteiger partial charge on any atom is 0.305 e. The molecule has 0 spiro atoms. The van der Waals surface area contributed by atoms with Crippen LogP contribution in [-0.4, -0.2) is 72.5 Å². The number of amides is 1. The third-order valence-corrected chi connectivity index (χ3v) is 4.83. The highest BCUT2D eigenvalue weighted by Crippen LogP contribution is 2.13. The van der Waals surface area contributed by atoms with Gasteiger partial charge in [0.2, 0.25) is 0 Å². The predicted molar refractivity (Wildman–Crippen MR) is 93.6 cm³/mol. The second kappa shape index (κ2) is 7.69. The molecule has 1 N–H and O–H groups in total. The summed E-state index contributed by atoms with van der Waals surface area (Å²) in [7, 11) is 1.94. The first kappa shape index (κ1) is 18.1. The predicted octanol–water partition coefficient (Wildman–Crippen LogP) is 0.358. The third kappa shape index (κ3) is 4.10. The molecule has 3 heterocycles. The van der Waals surface area contributed by atoms with Crippen molar-refractivity contribution >= 4 is 11.9 Å². The fourth-order valence-corrected chi connectivity index (χ4v) is 3.04. The highest BCUT2D eigenvalue weighted by atomic mass is 16.4. The van der Waals surface area contributed by atoms with Gasteiger partial charge in [-0.25, -0.2) is 0 Å². The molecule has 1 amide bonds. The number of carbonyl (C=O) groups is 2. The second-order valence-electron chi connectivity index (χ2n) is 6.58. The van der Waals surface area contributed by atoms with E-state index in [4.69, 9.17) is 5.11 Å². The summed E-state index contributed by atoms with van der Waals surface area (Å²) in [6.07, 6.45) is 5.02. The quantitative estimate of drug-likeness (QED) is 0.799. The van der Waals surface area contributed by atoms with E-state index in [9.17, 15) is 9.59 Å². The normalized spacial score (nSPS) is 15.4. The van der Waals surface area contributed by atoms with E-state index in [1.54, 1.807) is 6.20 Å². The number of carbonyl (C=O) groups excluding carboxylic acids is 1. The Morgan fingerprint density at radius 1 is 1.15 bits per heavy atom. The fraction of sp³-hybridized carbons (Fsp3) is 0.529. The van der Waals surface area contributed by atoms with Crippen LogP contribution >= 0.6 is 0 Å². The number of carboxylic acids is 1. The molecule has 26 heavy (non-hydrogen) atoms. The number of rotatable bonds is 6. The van der Waals surface area contributed by atoms with E-state index in [2.05, 4.69) is 22.0 Å². The largest absolute Gasteiger partial charge is 0.481 e. The molecule has 9 nitrogen and oxygen atoms in total. The van der Waals surface area contributed by atoms with Crippen molar-refractivity contribution in [2.24, 2.45) is 7.05 Å². The monoisotopic (exact) mass is 360 g/mol. The van der Waals surface area contributed by atoms with Crippen molar-refractivity contribution in [3.8, 4) is 0 Å². The molecule has 0 unspecified atom stereocenters. The van der Waals surface area contributed by atoms with Gasteiger partial charge >= 0.3 is 5.97 Å². The Morgan fingerprint density at radius 3 is 2.50 bits per heavy atom. The molecule has 0 aliphatic carbocycles. The van der Waals surface area contributed by atoms with Crippen LogP contribution in [0.25, 0.3) is 0 Å². The van der Waals surface area contributed by atoms with Gasteiger partial charge in [0.1, 0.15) is 0 Å². The molecule has 2 aromatic heterocycles. The van der Waals surface area contributed by atoms with Gasteiger partial charge in [0.05, 0.1) is 30.9 Å². The molecule has 1 aliphatic rings. The first-order chi connectivity index (χ1) is 12.4. The van der Waals surface area contributed by atoms with Crippen molar-refractivity contribution in [2.75, 3.05) is 26.2 Å². The van der Waals surface area contributed by atoms with Crippen LogP contribution in [0.1, 0.15) is 28.0 Å². The Bertz CT molecular complexity index is 788. The van der Waals surface area contributed by atoms with Gasteiger partial charge in [0.25, 0.3) is 5.91 Å². The summed E-state index contributed by atoms with van der Waals surface area (Å²) in [6, 6.07) is 0. The maximum atomic E-state index is 12.6. The van der Waals surface area contributed by atoms with E-state index in [1.165, 1.54) is 16.4 Å². The van der Waals surface area contributed by atoms with Gasteiger partial charge in [0, 0.05) is 57.2 Å². The zero-order valence-corrected chi connectivity index (χ0v) is 15.1. The lowest BCUT2D eigenvalue weighted by molar-refractivity contribution is -0.137. The summed E-state index contributed by atoms with van der Waals surface area (Å²) in [6.45, 7) is 6.12. The van der Waals surface area contributed by atoms with Crippen LogP contribution in [0.4, 0.5) is 0 Å². The number of aromatic nitrogens is 4. The number of carboxylic acid groups (broad SMARTS) is 1. The van der Waals surface area contributed by atoms with Gasteiger partial charge in [0.15, 0.2) is 0 Å². The number of piperazine rings is 1. The maximum absolute atomic E-state index is 12.6. The minimum absolute atomic E-state index is 0.0122. The highest BCUT2D eigenvalue weighted by Gasteiger charge is 2.23. The summed E-state index contributed by atoms with van der Waals surface area (Å²) in [4.78, 5) is 27.4. The number of hydrogen-bond donors (Lipinski definition) is 1. The lowest BCUT2D eigenvalue weighted by atomic mass is 10.2. The zero-order valence-electron chi connectivity index (χ0n) is 15.1. The van der Waals surface area contributed by atoms with Crippen LogP contribution in [0.3, 0.4) is 0 Å². The van der Waals surface area contributed by atoms with Gasteiger partial charge in [-0.1, -0.05) is 0 Å². The van der Waals surface area contributed by atoms with E-state index in [-0.39, 0.29) is 18.9 Å². The average molecular weight is 360 g/mol. The van der Waals surface area contributed by atoms with Crippen molar-refractivity contribution in [3.05, 3.63) is 35.4 Å². The van der Waals surface area contributed by atoms with Crippen molar-refractivity contribution in [1.82, 2.24) is 29.4 Å². The molecular weight excluding hydrogens is 336 g/mol. The zero-order chi connectivity index (χ0) is 18.7. The van der Waals surface area contributed by atoms with E-state index >= 15 is 0 Å². The summed E-state index contributed by atoms with van der Waals surface area (Å²) >= 11 is 0. The Balaban J connectivity index is 1.52. The van der Waals surface area contributed by atoms with E-state index < -0.39 is 5.97 Å². The van der Waals surface area contributed by atoms with Crippen molar-refractivity contribution in [3.63, 3.8) is 0 Å². The third-order valence-electron chi connectivity index (χ3n) is 4.83. The lowest BCUT2D eigenvalue weighted by Gasteiger charge is -2.34. The van der Waals surface area contributed by atoms with E-state index in [0.717, 1.165) is 25.3 Å².